The molecule has 2 rings (SSSR count). The molecular formula is C20H27ClN2O4. The van der Waals surface area contributed by atoms with Gasteiger partial charge in [-0.3, -0.25) is 4.68 Å². The van der Waals surface area contributed by atoms with E-state index in [2.05, 4.69) is 18.9 Å². The molecule has 0 aliphatic heterocycles. The topological polar surface area (TPSA) is 73.6 Å². The van der Waals surface area contributed by atoms with Gasteiger partial charge in [0.1, 0.15) is 5.75 Å². The average Bonchev–Trinajstić information content (AvgIpc) is 2.99. The summed E-state index contributed by atoms with van der Waals surface area (Å²) in [5.74, 6) is 1.54. The lowest BCUT2D eigenvalue weighted by molar-refractivity contribution is 0.144. The first-order valence-electron chi connectivity index (χ1n) is 9.35. The Bertz CT molecular complexity index is 756. The van der Waals surface area contributed by atoms with Crippen LogP contribution in [0.15, 0.2) is 24.4 Å². The Labute approximate surface area is 165 Å². The van der Waals surface area contributed by atoms with E-state index in [0.29, 0.717) is 30.5 Å². The van der Waals surface area contributed by atoms with Gasteiger partial charge >= 0.3 is 6.16 Å². The van der Waals surface area contributed by atoms with Gasteiger partial charge in [-0.15, -0.1) is 0 Å². The van der Waals surface area contributed by atoms with Crippen LogP contribution in [-0.2, 0) is 13.0 Å². The van der Waals surface area contributed by atoms with Gasteiger partial charge in [0.15, 0.2) is 5.75 Å². The summed E-state index contributed by atoms with van der Waals surface area (Å²) in [6, 6.07) is 5.54. The van der Waals surface area contributed by atoms with Crippen LogP contribution in [0, 0.1) is 5.92 Å². The third-order valence-corrected chi connectivity index (χ3v) is 4.80. The summed E-state index contributed by atoms with van der Waals surface area (Å²) in [4.78, 5) is 10.9. The maximum Gasteiger partial charge on any atom is 0.511 e. The van der Waals surface area contributed by atoms with E-state index in [4.69, 9.17) is 26.2 Å². The van der Waals surface area contributed by atoms with Gasteiger partial charge < -0.3 is 14.6 Å². The first-order chi connectivity index (χ1) is 13.0. The number of nitrogens with zero attached hydrogens (tertiary/aromatic N) is 2. The molecule has 2 aromatic rings. The summed E-state index contributed by atoms with van der Waals surface area (Å²) < 4.78 is 12.7. The Morgan fingerprint density at radius 3 is 2.63 bits per heavy atom. The first kappa shape index (κ1) is 21.1. The van der Waals surface area contributed by atoms with Crippen LogP contribution in [0.25, 0.3) is 0 Å². The maximum atomic E-state index is 10.9. The fraction of sp³-hybridized carbons (Fsp3) is 0.500. The van der Waals surface area contributed by atoms with Gasteiger partial charge in [0.2, 0.25) is 0 Å². The fourth-order valence-corrected chi connectivity index (χ4v) is 3.10. The smallest absolute Gasteiger partial charge is 0.493 e. The molecule has 0 saturated carbocycles. The van der Waals surface area contributed by atoms with Gasteiger partial charge in [-0.25, -0.2) is 4.79 Å². The van der Waals surface area contributed by atoms with E-state index in [-0.39, 0.29) is 5.75 Å². The third-order valence-electron chi connectivity index (χ3n) is 4.57. The normalized spacial score (nSPS) is 11.0. The largest absolute Gasteiger partial charge is 0.511 e. The van der Waals surface area contributed by atoms with E-state index in [9.17, 15) is 4.79 Å². The highest BCUT2D eigenvalue weighted by molar-refractivity contribution is 6.30. The molecule has 0 fully saturated rings. The molecule has 1 aromatic carbocycles. The van der Waals surface area contributed by atoms with Crippen molar-refractivity contribution in [1.29, 1.82) is 0 Å². The second kappa shape index (κ2) is 10.2. The lowest BCUT2D eigenvalue weighted by Gasteiger charge is -2.17. The second-order valence-corrected chi connectivity index (χ2v) is 6.91. The van der Waals surface area contributed by atoms with E-state index in [1.165, 1.54) is 6.20 Å². The van der Waals surface area contributed by atoms with Crippen molar-refractivity contribution >= 4 is 17.8 Å². The first-order valence-corrected chi connectivity index (χ1v) is 9.72. The molecule has 7 heteroatoms. The number of carbonyl (C=O) groups is 1. The number of aromatic nitrogens is 2. The van der Waals surface area contributed by atoms with Crippen molar-refractivity contribution in [3.63, 3.8) is 0 Å². The molecule has 0 amide bonds. The maximum absolute atomic E-state index is 10.9. The predicted octanol–water partition coefficient (Wildman–Crippen LogP) is 5.41. The fourth-order valence-electron chi connectivity index (χ4n) is 2.90. The van der Waals surface area contributed by atoms with Crippen molar-refractivity contribution in [3.8, 4) is 11.5 Å². The van der Waals surface area contributed by atoms with Crippen molar-refractivity contribution in [2.75, 3.05) is 6.61 Å². The molecular weight excluding hydrogens is 368 g/mol. The minimum absolute atomic E-state index is 0.269. The standard InChI is InChI=1S/C20H27ClN2O4/c1-4-7-17-19(27-20(24)25)11-22-23(17)12-15-10-16(21)8-9-18(15)26-13-14(5-2)6-3/h8-11,14H,4-7,12-13H2,1-3H3,(H,24,25). The molecule has 6 nitrogen and oxygen atoms in total. The Morgan fingerprint density at radius 1 is 1.26 bits per heavy atom. The van der Waals surface area contributed by atoms with E-state index < -0.39 is 6.16 Å². The minimum Gasteiger partial charge on any atom is -0.493 e. The van der Waals surface area contributed by atoms with Crippen molar-refractivity contribution in [3.05, 3.63) is 40.7 Å². The molecule has 0 aliphatic carbocycles. The molecule has 1 N–H and O–H groups in total. The summed E-state index contributed by atoms with van der Waals surface area (Å²) in [6.45, 7) is 7.41. The van der Waals surface area contributed by atoms with Gasteiger partial charge in [-0.2, -0.15) is 5.10 Å². The molecule has 148 valence electrons. The van der Waals surface area contributed by atoms with E-state index in [0.717, 1.165) is 36.3 Å². The zero-order valence-corrected chi connectivity index (χ0v) is 16.8. The van der Waals surface area contributed by atoms with Crippen LogP contribution < -0.4 is 9.47 Å². The van der Waals surface area contributed by atoms with Gasteiger partial charge in [0, 0.05) is 10.6 Å². The number of benzene rings is 1. The van der Waals surface area contributed by atoms with E-state index in [1.807, 2.05) is 25.1 Å². The zero-order chi connectivity index (χ0) is 19.8. The molecule has 0 atom stereocenters. The summed E-state index contributed by atoms with van der Waals surface area (Å²) >= 11 is 6.19. The number of rotatable bonds is 10. The third kappa shape index (κ3) is 5.89. The van der Waals surface area contributed by atoms with Crippen LogP contribution in [0.3, 0.4) is 0 Å². The summed E-state index contributed by atoms with van der Waals surface area (Å²) in [7, 11) is 0. The second-order valence-electron chi connectivity index (χ2n) is 6.48. The lowest BCUT2D eigenvalue weighted by atomic mass is 10.1. The molecule has 0 spiro atoms. The highest BCUT2D eigenvalue weighted by atomic mass is 35.5. The Morgan fingerprint density at radius 2 is 2.00 bits per heavy atom. The highest BCUT2D eigenvalue weighted by Gasteiger charge is 2.16. The number of hydrogen-bond acceptors (Lipinski definition) is 4. The Kier molecular flexibility index (Phi) is 7.98. The van der Waals surface area contributed by atoms with E-state index in [1.54, 1.807) is 4.68 Å². The molecule has 0 bridgehead atoms. The average molecular weight is 395 g/mol. The Hall–Kier alpha value is -2.21. The molecule has 27 heavy (non-hydrogen) atoms. The molecule has 0 aliphatic rings. The molecule has 0 unspecified atom stereocenters. The van der Waals surface area contributed by atoms with Crippen molar-refractivity contribution < 1.29 is 19.4 Å². The molecule has 0 saturated heterocycles. The molecule has 1 heterocycles. The van der Waals surface area contributed by atoms with Crippen molar-refractivity contribution in [2.45, 2.75) is 53.0 Å². The van der Waals surface area contributed by atoms with E-state index >= 15 is 0 Å². The van der Waals surface area contributed by atoms with Gasteiger partial charge in [0.25, 0.3) is 0 Å². The van der Waals surface area contributed by atoms with Gasteiger partial charge in [-0.1, -0.05) is 51.6 Å². The SMILES string of the molecule is CCCc1c(OC(=O)O)cnn1Cc1cc(Cl)ccc1OCC(CC)CC. The molecule has 0 radical (unpaired) electrons. The van der Waals surface area contributed by atoms with Crippen LogP contribution in [0.2, 0.25) is 5.02 Å². The summed E-state index contributed by atoms with van der Waals surface area (Å²) in [5.41, 5.74) is 1.64. The van der Waals surface area contributed by atoms with Crippen LogP contribution in [-0.4, -0.2) is 27.6 Å². The van der Waals surface area contributed by atoms with Crippen LogP contribution in [0.1, 0.15) is 51.3 Å². The van der Waals surface area contributed by atoms with Crippen molar-refractivity contribution in [1.82, 2.24) is 9.78 Å². The Balaban J connectivity index is 2.27. The number of ether oxygens (including phenoxy) is 2. The summed E-state index contributed by atoms with van der Waals surface area (Å²) in [5, 5.41) is 13.8. The number of carboxylic acid groups (broad SMARTS) is 1. The number of hydrogen-bond donors (Lipinski definition) is 1. The van der Waals surface area contributed by atoms with Crippen LogP contribution in [0.5, 0.6) is 11.5 Å². The molecule has 1 aromatic heterocycles. The minimum atomic E-state index is -1.34. The van der Waals surface area contributed by atoms with Crippen LogP contribution in [0.4, 0.5) is 4.79 Å². The van der Waals surface area contributed by atoms with Crippen molar-refractivity contribution in [2.24, 2.45) is 5.92 Å². The highest BCUT2D eigenvalue weighted by Crippen LogP contribution is 2.27. The number of halogens is 1. The monoisotopic (exact) mass is 394 g/mol. The summed E-state index contributed by atoms with van der Waals surface area (Å²) in [6.07, 6.45) is 3.73. The zero-order valence-electron chi connectivity index (χ0n) is 16.1. The predicted molar refractivity (Wildman–Crippen MR) is 105 cm³/mol. The van der Waals surface area contributed by atoms with Gasteiger partial charge in [0.05, 0.1) is 25.0 Å². The quantitative estimate of drug-likeness (QED) is 0.545. The lowest BCUT2D eigenvalue weighted by Crippen LogP contribution is -2.13. The van der Waals surface area contributed by atoms with Gasteiger partial charge in [-0.05, 0) is 30.5 Å². The van der Waals surface area contributed by atoms with Crippen LogP contribution >= 0.6 is 11.6 Å².